The van der Waals surface area contributed by atoms with Gasteiger partial charge in [0.1, 0.15) is 0 Å². The summed E-state index contributed by atoms with van der Waals surface area (Å²) in [7, 11) is 3.85. The maximum absolute atomic E-state index is 11.5. The van der Waals surface area contributed by atoms with Gasteiger partial charge in [-0.1, -0.05) is 30.3 Å². The van der Waals surface area contributed by atoms with Gasteiger partial charge in [0, 0.05) is 6.54 Å². The minimum atomic E-state index is -0.840. The molecule has 0 bridgehead atoms. The van der Waals surface area contributed by atoms with Crippen molar-refractivity contribution < 1.29 is 14.3 Å². The predicted octanol–water partition coefficient (Wildman–Crippen LogP) is 0.969. The lowest BCUT2D eigenvalue weighted by Gasteiger charge is -2.24. The predicted molar refractivity (Wildman–Crippen MR) is 72.5 cm³/mol. The van der Waals surface area contributed by atoms with Crippen molar-refractivity contribution in [2.75, 3.05) is 27.2 Å². The van der Waals surface area contributed by atoms with E-state index in [1.807, 2.05) is 49.3 Å². The van der Waals surface area contributed by atoms with Crippen LogP contribution in [0.25, 0.3) is 0 Å². The quantitative estimate of drug-likeness (QED) is 0.636. The zero-order valence-corrected chi connectivity index (χ0v) is 11.6. The third kappa shape index (κ3) is 4.71. The average molecular weight is 264 g/mol. The maximum atomic E-state index is 11.5. The Morgan fingerprint density at radius 3 is 2.42 bits per heavy atom. The Morgan fingerprint density at radius 1 is 1.26 bits per heavy atom. The van der Waals surface area contributed by atoms with Gasteiger partial charge in [0.2, 0.25) is 0 Å². The summed E-state index contributed by atoms with van der Waals surface area (Å²) in [5, 5.41) is 2.59. The molecule has 1 aromatic rings. The largest absolute Gasteiger partial charge is 0.459 e. The lowest BCUT2D eigenvalue weighted by molar-refractivity contribution is -0.154. The highest BCUT2D eigenvalue weighted by atomic mass is 16.5. The summed E-state index contributed by atoms with van der Waals surface area (Å²) < 4.78 is 4.64. The van der Waals surface area contributed by atoms with E-state index in [0.717, 1.165) is 5.56 Å². The molecular formula is C14H20N2O3. The first kappa shape index (κ1) is 15.2. The number of nitrogens with zero attached hydrogens (tertiary/aromatic N) is 1. The van der Waals surface area contributed by atoms with Gasteiger partial charge in [-0.25, -0.2) is 4.79 Å². The second kappa shape index (κ2) is 7.53. The number of nitrogens with one attached hydrogen (secondary N) is 1. The Bertz CT molecular complexity index is 418. The number of rotatable bonds is 5. The van der Waals surface area contributed by atoms with Gasteiger partial charge in [-0.15, -0.1) is 0 Å². The molecule has 104 valence electrons. The summed E-state index contributed by atoms with van der Waals surface area (Å²) in [4.78, 5) is 24.7. The molecule has 0 fully saturated rings. The van der Waals surface area contributed by atoms with Crippen LogP contribution in [0.3, 0.4) is 0 Å². The molecule has 1 atom stereocenters. The molecule has 19 heavy (non-hydrogen) atoms. The Kier molecular flexibility index (Phi) is 6.02. The van der Waals surface area contributed by atoms with Crippen LogP contribution in [-0.4, -0.2) is 44.0 Å². The highest BCUT2D eigenvalue weighted by Crippen LogP contribution is 2.16. The molecule has 0 heterocycles. The van der Waals surface area contributed by atoms with Crippen LogP contribution in [0.15, 0.2) is 30.3 Å². The molecule has 1 amide bonds. The molecule has 0 saturated heterocycles. The number of amides is 1. The van der Waals surface area contributed by atoms with Gasteiger partial charge in [0.15, 0.2) is 0 Å². The van der Waals surface area contributed by atoms with Crippen LogP contribution in [0, 0.1) is 0 Å². The van der Waals surface area contributed by atoms with Crippen LogP contribution in [-0.2, 0) is 14.3 Å². The summed E-state index contributed by atoms with van der Waals surface area (Å²) in [6.45, 7) is 2.22. The molecule has 0 aliphatic heterocycles. The number of ether oxygens (including phenoxy) is 1. The standard InChI is InChI=1S/C14H20N2O3/c1-4-19-14(18)13(17)15-10-12(16(2)3)11-8-6-5-7-9-11/h5-9,12H,4,10H2,1-3H3,(H,15,17). The van der Waals surface area contributed by atoms with Gasteiger partial charge in [0.05, 0.1) is 12.6 Å². The molecule has 0 aliphatic rings. The monoisotopic (exact) mass is 264 g/mol. The number of hydrogen-bond donors (Lipinski definition) is 1. The smallest absolute Gasteiger partial charge is 0.396 e. The Balaban J connectivity index is 2.61. The number of hydrogen-bond acceptors (Lipinski definition) is 4. The SMILES string of the molecule is CCOC(=O)C(=O)NCC(c1ccccc1)N(C)C. The van der Waals surface area contributed by atoms with Crippen molar-refractivity contribution in [2.24, 2.45) is 0 Å². The van der Waals surface area contributed by atoms with E-state index in [9.17, 15) is 9.59 Å². The lowest BCUT2D eigenvalue weighted by atomic mass is 10.1. The van der Waals surface area contributed by atoms with E-state index in [2.05, 4.69) is 10.1 Å². The van der Waals surface area contributed by atoms with Crippen molar-refractivity contribution in [2.45, 2.75) is 13.0 Å². The molecule has 0 spiro atoms. The summed E-state index contributed by atoms with van der Waals surface area (Å²) >= 11 is 0. The van der Waals surface area contributed by atoms with Crippen LogP contribution >= 0.6 is 0 Å². The molecule has 1 unspecified atom stereocenters. The van der Waals surface area contributed by atoms with Gasteiger partial charge in [-0.3, -0.25) is 4.79 Å². The van der Waals surface area contributed by atoms with Crippen molar-refractivity contribution in [3.63, 3.8) is 0 Å². The molecule has 1 rings (SSSR count). The Hall–Kier alpha value is -1.88. The number of benzene rings is 1. The molecule has 0 radical (unpaired) electrons. The van der Waals surface area contributed by atoms with Crippen molar-refractivity contribution in [3.8, 4) is 0 Å². The summed E-state index contributed by atoms with van der Waals surface area (Å²) in [5.41, 5.74) is 1.08. The van der Waals surface area contributed by atoms with Gasteiger partial charge in [-0.2, -0.15) is 0 Å². The normalized spacial score (nSPS) is 12.0. The summed E-state index contributed by atoms with van der Waals surface area (Å²) in [6.07, 6.45) is 0. The van der Waals surface area contributed by atoms with Gasteiger partial charge < -0.3 is 15.0 Å². The van der Waals surface area contributed by atoms with E-state index in [0.29, 0.717) is 6.54 Å². The lowest BCUT2D eigenvalue weighted by Crippen LogP contribution is -2.38. The first-order valence-corrected chi connectivity index (χ1v) is 6.22. The van der Waals surface area contributed by atoms with Crippen LogP contribution in [0.5, 0.6) is 0 Å². The minimum Gasteiger partial charge on any atom is -0.459 e. The average Bonchev–Trinajstić information content (AvgIpc) is 2.39. The Morgan fingerprint density at radius 2 is 1.89 bits per heavy atom. The molecule has 0 aromatic heterocycles. The zero-order chi connectivity index (χ0) is 14.3. The van der Waals surface area contributed by atoms with Crippen LogP contribution in [0.4, 0.5) is 0 Å². The molecule has 0 saturated carbocycles. The van der Waals surface area contributed by atoms with E-state index in [1.165, 1.54) is 0 Å². The summed E-state index contributed by atoms with van der Waals surface area (Å²) in [6, 6.07) is 9.81. The minimum absolute atomic E-state index is 0.0135. The number of carbonyl (C=O) groups excluding carboxylic acids is 2. The molecule has 1 aromatic carbocycles. The highest BCUT2D eigenvalue weighted by molar-refractivity contribution is 6.32. The molecule has 0 aliphatic carbocycles. The fourth-order valence-electron chi connectivity index (χ4n) is 1.73. The van der Waals surface area contributed by atoms with Crippen molar-refractivity contribution in [1.29, 1.82) is 0 Å². The van der Waals surface area contributed by atoms with Crippen LogP contribution in [0.1, 0.15) is 18.5 Å². The van der Waals surface area contributed by atoms with Crippen LogP contribution < -0.4 is 5.32 Å². The van der Waals surface area contributed by atoms with Gasteiger partial charge in [-0.05, 0) is 26.6 Å². The number of esters is 1. The van der Waals surface area contributed by atoms with E-state index in [-0.39, 0.29) is 12.6 Å². The van der Waals surface area contributed by atoms with Crippen molar-refractivity contribution >= 4 is 11.9 Å². The third-order valence-electron chi connectivity index (χ3n) is 2.72. The van der Waals surface area contributed by atoms with E-state index < -0.39 is 11.9 Å². The fourth-order valence-corrected chi connectivity index (χ4v) is 1.73. The van der Waals surface area contributed by atoms with Gasteiger partial charge in [0.25, 0.3) is 0 Å². The zero-order valence-electron chi connectivity index (χ0n) is 11.6. The first-order valence-electron chi connectivity index (χ1n) is 6.22. The number of likely N-dealkylation sites (N-methyl/N-ethyl adjacent to an activating group) is 1. The Labute approximate surface area is 113 Å². The highest BCUT2D eigenvalue weighted by Gasteiger charge is 2.19. The molecular weight excluding hydrogens is 244 g/mol. The molecule has 1 N–H and O–H groups in total. The fraction of sp³-hybridized carbons (Fsp3) is 0.429. The van der Waals surface area contributed by atoms with Crippen LogP contribution in [0.2, 0.25) is 0 Å². The van der Waals surface area contributed by atoms with Crippen molar-refractivity contribution in [3.05, 3.63) is 35.9 Å². The van der Waals surface area contributed by atoms with E-state index in [4.69, 9.17) is 0 Å². The van der Waals surface area contributed by atoms with Crippen molar-refractivity contribution in [1.82, 2.24) is 10.2 Å². The maximum Gasteiger partial charge on any atom is 0.396 e. The topological polar surface area (TPSA) is 58.6 Å². The molecule has 5 nitrogen and oxygen atoms in total. The second-order valence-corrected chi connectivity index (χ2v) is 4.32. The third-order valence-corrected chi connectivity index (χ3v) is 2.72. The van der Waals surface area contributed by atoms with E-state index >= 15 is 0 Å². The van der Waals surface area contributed by atoms with E-state index in [1.54, 1.807) is 6.92 Å². The second-order valence-electron chi connectivity index (χ2n) is 4.32. The molecule has 5 heteroatoms. The number of carbonyl (C=O) groups is 2. The summed E-state index contributed by atoms with van der Waals surface area (Å²) in [5.74, 6) is -1.54. The first-order chi connectivity index (χ1) is 9.06. The van der Waals surface area contributed by atoms with Gasteiger partial charge >= 0.3 is 11.9 Å².